The lowest BCUT2D eigenvalue weighted by Gasteiger charge is -2.07. The third kappa shape index (κ3) is 3.79. The Balaban J connectivity index is 2.01. The minimum atomic E-state index is -0.450. The Labute approximate surface area is 121 Å². The second-order valence-electron chi connectivity index (χ2n) is 4.23. The molecule has 0 bridgehead atoms. The number of hydrogen-bond donors (Lipinski definition) is 0. The highest BCUT2D eigenvalue weighted by atomic mass is 16.6. The summed E-state index contributed by atoms with van der Waals surface area (Å²) in [6, 6.07) is 12.7. The number of carbonyl (C=O) groups excluding carboxylic acids is 1. The van der Waals surface area contributed by atoms with Crippen LogP contribution in [0.3, 0.4) is 0 Å². The Morgan fingerprint density at radius 3 is 2.52 bits per heavy atom. The summed E-state index contributed by atoms with van der Waals surface area (Å²) >= 11 is 0. The zero-order valence-electron chi connectivity index (χ0n) is 11.3. The molecule has 0 atom stereocenters. The summed E-state index contributed by atoms with van der Waals surface area (Å²) in [5, 5.41) is 10.7. The Hall–Kier alpha value is -2.89. The van der Waals surface area contributed by atoms with Gasteiger partial charge in [0.25, 0.3) is 5.69 Å². The lowest BCUT2D eigenvalue weighted by Crippen LogP contribution is -2.01. The molecule has 0 aliphatic carbocycles. The number of non-ortho nitro benzene ring substituents is 1. The standard InChI is InChI=1S/C15H13NO5/c1-20-15(17)12-5-7-14(8-6-12)21-10-11-3-2-4-13(9-11)16(18)19/h2-9H,10H2,1H3. The van der Waals surface area contributed by atoms with Crippen LogP contribution in [0.15, 0.2) is 48.5 Å². The largest absolute Gasteiger partial charge is 0.489 e. The molecule has 0 aliphatic rings. The second-order valence-corrected chi connectivity index (χ2v) is 4.23. The van der Waals surface area contributed by atoms with E-state index in [1.807, 2.05) is 0 Å². The van der Waals surface area contributed by atoms with E-state index in [1.165, 1.54) is 19.2 Å². The number of nitro groups is 1. The Bertz CT molecular complexity index is 651. The molecule has 0 saturated heterocycles. The Kier molecular flexibility index (Phi) is 4.50. The number of hydrogen-bond acceptors (Lipinski definition) is 5. The molecule has 0 saturated carbocycles. The predicted octanol–water partition coefficient (Wildman–Crippen LogP) is 2.96. The average Bonchev–Trinajstić information content (AvgIpc) is 2.53. The third-order valence-electron chi connectivity index (χ3n) is 2.80. The van der Waals surface area contributed by atoms with Crippen LogP contribution in [0.25, 0.3) is 0 Å². The molecule has 0 fully saturated rings. The number of nitro benzene ring substituents is 1. The zero-order valence-corrected chi connectivity index (χ0v) is 11.3. The highest BCUT2D eigenvalue weighted by molar-refractivity contribution is 5.89. The van der Waals surface area contributed by atoms with Gasteiger partial charge in [0.15, 0.2) is 0 Å². The fourth-order valence-corrected chi connectivity index (χ4v) is 1.73. The maximum atomic E-state index is 11.3. The van der Waals surface area contributed by atoms with Crippen molar-refractivity contribution in [1.29, 1.82) is 0 Å². The molecule has 0 spiro atoms. The second kappa shape index (κ2) is 6.51. The van der Waals surface area contributed by atoms with E-state index in [2.05, 4.69) is 4.74 Å². The number of carbonyl (C=O) groups is 1. The quantitative estimate of drug-likeness (QED) is 0.480. The number of ether oxygens (including phenoxy) is 2. The minimum Gasteiger partial charge on any atom is -0.489 e. The number of benzene rings is 2. The van der Waals surface area contributed by atoms with Gasteiger partial charge in [0.05, 0.1) is 17.6 Å². The van der Waals surface area contributed by atoms with E-state index in [1.54, 1.807) is 36.4 Å². The molecule has 108 valence electrons. The van der Waals surface area contributed by atoms with Gasteiger partial charge in [-0.15, -0.1) is 0 Å². The van der Waals surface area contributed by atoms with Gasteiger partial charge in [0.2, 0.25) is 0 Å². The molecule has 2 aromatic rings. The number of esters is 1. The third-order valence-corrected chi connectivity index (χ3v) is 2.80. The summed E-state index contributed by atoms with van der Waals surface area (Å²) in [7, 11) is 1.31. The van der Waals surface area contributed by atoms with E-state index in [9.17, 15) is 14.9 Å². The topological polar surface area (TPSA) is 78.7 Å². The molecule has 0 unspecified atom stereocenters. The average molecular weight is 287 g/mol. The minimum absolute atomic E-state index is 0.0251. The molecule has 0 radical (unpaired) electrons. The van der Waals surface area contributed by atoms with E-state index < -0.39 is 10.9 Å². The van der Waals surface area contributed by atoms with E-state index in [0.717, 1.165) is 0 Å². The first-order chi connectivity index (χ1) is 10.1. The summed E-state index contributed by atoms with van der Waals surface area (Å²) in [6.45, 7) is 0.208. The molecule has 0 amide bonds. The van der Waals surface area contributed by atoms with Crippen molar-refractivity contribution in [2.24, 2.45) is 0 Å². The monoisotopic (exact) mass is 287 g/mol. The molecule has 0 aromatic heterocycles. The fraction of sp³-hybridized carbons (Fsp3) is 0.133. The SMILES string of the molecule is COC(=O)c1ccc(OCc2cccc([N+](=O)[O-])c2)cc1. The smallest absolute Gasteiger partial charge is 0.337 e. The van der Waals surface area contributed by atoms with Crippen LogP contribution < -0.4 is 4.74 Å². The van der Waals surface area contributed by atoms with Gasteiger partial charge in [0.1, 0.15) is 12.4 Å². The van der Waals surface area contributed by atoms with E-state index in [-0.39, 0.29) is 12.3 Å². The van der Waals surface area contributed by atoms with Gasteiger partial charge in [0, 0.05) is 12.1 Å². The molecule has 0 N–H and O–H groups in total. The van der Waals surface area contributed by atoms with Gasteiger partial charge in [-0.1, -0.05) is 12.1 Å². The van der Waals surface area contributed by atoms with Crippen molar-refractivity contribution in [3.8, 4) is 5.75 Å². The summed E-state index contributed by atoms with van der Waals surface area (Å²) in [6.07, 6.45) is 0. The first-order valence-corrected chi connectivity index (χ1v) is 6.14. The first-order valence-electron chi connectivity index (χ1n) is 6.14. The van der Waals surface area contributed by atoms with Gasteiger partial charge < -0.3 is 9.47 Å². The van der Waals surface area contributed by atoms with Crippen molar-refractivity contribution >= 4 is 11.7 Å². The van der Waals surface area contributed by atoms with Gasteiger partial charge in [-0.2, -0.15) is 0 Å². The van der Waals surface area contributed by atoms with E-state index >= 15 is 0 Å². The van der Waals surface area contributed by atoms with Crippen LogP contribution in [0.2, 0.25) is 0 Å². The zero-order chi connectivity index (χ0) is 15.2. The Morgan fingerprint density at radius 2 is 1.90 bits per heavy atom. The van der Waals surface area contributed by atoms with Crippen molar-refractivity contribution in [3.63, 3.8) is 0 Å². The number of nitrogens with zero attached hydrogens (tertiary/aromatic N) is 1. The molecular formula is C15H13NO5. The molecule has 6 nitrogen and oxygen atoms in total. The van der Waals surface area contributed by atoms with Crippen LogP contribution in [0.5, 0.6) is 5.75 Å². The van der Waals surface area contributed by atoms with Crippen molar-refractivity contribution in [3.05, 3.63) is 69.8 Å². The molecule has 0 aliphatic heterocycles. The van der Waals surface area contributed by atoms with E-state index in [4.69, 9.17) is 4.74 Å². The van der Waals surface area contributed by atoms with E-state index in [0.29, 0.717) is 16.9 Å². The number of methoxy groups -OCH3 is 1. The van der Waals surface area contributed by atoms with Crippen molar-refractivity contribution < 1.29 is 19.2 Å². The molecule has 6 heteroatoms. The van der Waals surface area contributed by atoms with Crippen molar-refractivity contribution in [2.75, 3.05) is 7.11 Å². The Morgan fingerprint density at radius 1 is 1.19 bits per heavy atom. The highest BCUT2D eigenvalue weighted by Crippen LogP contribution is 2.17. The van der Waals surface area contributed by atoms with Crippen LogP contribution in [0.4, 0.5) is 5.69 Å². The van der Waals surface area contributed by atoms with Gasteiger partial charge in [-0.25, -0.2) is 4.79 Å². The lowest BCUT2D eigenvalue weighted by molar-refractivity contribution is -0.384. The van der Waals surface area contributed by atoms with Crippen LogP contribution in [0.1, 0.15) is 15.9 Å². The van der Waals surface area contributed by atoms with Crippen LogP contribution in [-0.2, 0) is 11.3 Å². The molecular weight excluding hydrogens is 274 g/mol. The van der Waals surface area contributed by atoms with Gasteiger partial charge in [-0.3, -0.25) is 10.1 Å². The predicted molar refractivity (Wildman–Crippen MR) is 75.2 cm³/mol. The van der Waals surface area contributed by atoms with Gasteiger partial charge >= 0.3 is 5.97 Å². The number of rotatable bonds is 5. The van der Waals surface area contributed by atoms with Crippen molar-refractivity contribution in [1.82, 2.24) is 0 Å². The molecule has 2 aromatic carbocycles. The lowest BCUT2D eigenvalue weighted by atomic mass is 10.2. The summed E-state index contributed by atoms with van der Waals surface area (Å²) in [5.74, 6) is 0.148. The fourth-order valence-electron chi connectivity index (χ4n) is 1.73. The van der Waals surface area contributed by atoms with Crippen LogP contribution >= 0.6 is 0 Å². The molecule has 2 rings (SSSR count). The maximum Gasteiger partial charge on any atom is 0.337 e. The highest BCUT2D eigenvalue weighted by Gasteiger charge is 2.07. The summed E-state index contributed by atoms with van der Waals surface area (Å²) in [5.41, 5.74) is 1.15. The summed E-state index contributed by atoms with van der Waals surface area (Å²) in [4.78, 5) is 21.5. The van der Waals surface area contributed by atoms with Crippen LogP contribution in [-0.4, -0.2) is 18.0 Å². The van der Waals surface area contributed by atoms with Crippen molar-refractivity contribution in [2.45, 2.75) is 6.61 Å². The molecule has 21 heavy (non-hydrogen) atoms. The maximum absolute atomic E-state index is 11.3. The molecule has 0 heterocycles. The normalized spacial score (nSPS) is 9.95. The van der Waals surface area contributed by atoms with Crippen LogP contribution in [0, 0.1) is 10.1 Å². The summed E-state index contributed by atoms with van der Waals surface area (Å²) < 4.78 is 10.1. The van der Waals surface area contributed by atoms with Gasteiger partial charge in [-0.05, 0) is 29.8 Å². The first kappa shape index (κ1) is 14.5.